The van der Waals surface area contributed by atoms with E-state index in [0.717, 1.165) is 32.4 Å². The molecule has 2 N–H and O–H groups in total. The summed E-state index contributed by atoms with van der Waals surface area (Å²) in [6.45, 7) is 6.40. The number of carbonyl (C=O) groups excluding carboxylic acids is 2. The van der Waals surface area contributed by atoms with Crippen LogP contribution in [-0.4, -0.2) is 60.5 Å². The van der Waals surface area contributed by atoms with Crippen molar-refractivity contribution in [2.45, 2.75) is 57.9 Å². The molecule has 1 aromatic rings. The number of hydrogen-bond acceptors (Lipinski definition) is 3. The van der Waals surface area contributed by atoms with Crippen molar-refractivity contribution in [1.29, 1.82) is 0 Å². The first-order valence-electron chi connectivity index (χ1n) is 11.3. The summed E-state index contributed by atoms with van der Waals surface area (Å²) in [6, 6.07) is 6.24. The van der Waals surface area contributed by atoms with Gasteiger partial charge < -0.3 is 15.5 Å². The smallest absolute Gasteiger partial charge is 0.321 e. The van der Waals surface area contributed by atoms with Crippen LogP contribution in [0, 0.1) is 11.7 Å². The van der Waals surface area contributed by atoms with Crippen molar-refractivity contribution >= 4 is 17.6 Å². The van der Waals surface area contributed by atoms with Gasteiger partial charge in [0.15, 0.2) is 0 Å². The van der Waals surface area contributed by atoms with E-state index in [1.165, 1.54) is 31.4 Å². The number of halogens is 1. The summed E-state index contributed by atoms with van der Waals surface area (Å²) < 4.78 is 13.0. The highest BCUT2D eigenvalue weighted by atomic mass is 19.1. The van der Waals surface area contributed by atoms with Gasteiger partial charge in [0.2, 0.25) is 5.91 Å². The third-order valence-corrected chi connectivity index (χ3v) is 6.34. The lowest BCUT2D eigenvalue weighted by molar-refractivity contribution is -0.121. The van der Waals surface area contributed by atoms with E-state index in [2.05, 4.69) is 22.5 Å². The van der Waals surface area contributed by atoms with Crippen LogP contribution < -0.4 is 10.6 Å². The first-order valence-corrected chi connectivity index (χ1v) is 11.3. The normalized spacial score (nSPS) is 22.5. The number of nitrogens with one attached hydrogen (secondary N) is 2. The van der Waals surface area contributed by atoms with Crippen LogP contribution in [0.3, 0.4) is 0 Å². The van der Waals surface area contributed by atoms with E-state index in [1.54, 1.807) is 17.0 Å². The first-order chi connectivity index (χ1) is 14.5. The largest absolute Gasteiger partial charge is 0.355 e. The number of amides is 3. The van der Waals surface area contributed by atoms with Gasteiger partial charge in [0, 0.05) is 44.3 Å². The maximum absolute atomic E-state index is 13.0. The monoisotopic (exact) mass is 418 g/mol. The fourth-order valence-electron chi connectivity index (χ4n) is 4.47. The van der Waals surface area contributed by atoms with Crippen molar-refractivity contribution in [2.24, 2.45) is 5.92 Å². The van der Waals surface area contributed by atoms with Crippen LogP contribution in [0.5, 0.6) is 0 Å². The van der Waals surface area contributed by atoms with Gasteiger partial charge in [0.25, 0.3) is 0 Å². The van der Waals surface area contributed by atoms with Gasteiger partial charge in [-0.15, -0.1) is 0 Å². The highest BCUT2D eigenvalue weighted by molar-refractivity contribution is 5.89. The van der Waals surface area contributed by atoms with E-state index in [1.807, 2.05) is 0 Å². The highest BCUT2D eigenvalue weighted by Crippen LogP contribution is 2.22. The maximum atomic E-state index is 13.0. The van der Waals surface area contributed by atoms with E-state index in [4.69, 9.17) is 0 Å². The van der Waals surface area contributed by atoms with Crippen LogP contribution in [0.25, 0.3) is 0 Å². The molecule has 2 aliphatic rings. The van der Waals surface area contributed by atoms with Crippen LogP contribution in [0.15, 0.2) is 24.3 Å². The van der Waals surface area contributed by atoms with Crippen LogP contribution in [-0.2, 0) is 4.79 Å². The molecule has 166 valence electrons. The molecule has 3 amide bonds. The molecule has 0 aliphatic carbocycles. The number of benzene rings is 1. The molecule has 1 aromatic carbocycles. The standard InChI is InChI=1S/C23H35FN4O2/c1-18-5-2-3-14-27(18)16-13-25-22(29)12-7-19-6-4-15-28(17-19)23(30)26-21-10-8-20(24)9-11-21/h8-11,18-19H,2-7,12-17H2,1H3,(H,25,29)(H,26,30)/t18-,19-/m0/s1. The molecule has 0 spiro atoms. The molecule has 0 saturated carbocycles. The Labute approximate surface area is 179 Å². The summed E-state index contributed by atoms with van der Waals surface area (Å²) >= 11 is 0. The molecule has 2 atom stereocenters. The zero-order valence-electron chi connectivity index (χ0n) is 18.0. The molecule has 0 aromatic heterocycles. The molecule has 2 heterocycles. The molecule has 2 aliphatic heterocycles. The van der Waals surface area contributed by atoms with Gasteiger partial charge in [0.1, 0.15) is 5.82 Å². The minimum atomic E-state index is -0.324. The predicted molar refractivity (Wildman–Crippen MR) is 117 cm³/mol. The van der Waals surface area contributed by atoms with Gasteiger partial charge in [-0.2, -0.15) is 0 Å². The Hall–Kier alpha value is -2.15. The summed E-state index contributed by atoms with van der Waals surface area (Å²) in [4.78, 5) is 29.0. The third-order valence-electron chi connectivity index (χ3n) is 6.34. The van der Waals surface area contributed by atoms with E-state index in [-0.39, 0.29) is 17.8 Å². The Kier molecular flexibility index (Phi) is 8.49. The van der Waals surface area contributed by atoms with Crippen molar-refractivity contribution in [3.8, 4) is 0 Å². The molecule has 6 nitrogen and oxygen atoms in total. The van der Waals surface area contributed by atoms with E-state index >= 15 is 0 Å². The Bertz CT molecular complexity index is 697. The molecule has 3 rings (SSSR count). The number of rotatable bonds is 7. The van der Waals surface area contributed by atoms with Crippen LogP contribution in [0.2, 0.25) is 0 Å². The van der Waals surface area contributed by atoms with Crippen molar-refractivity contribution < 1.29 is 14.0 Å². The summed E-state index contributed by atoms with van der Waals surface area (Å²) in [6.07, 6.45) is 7.10. The molecular formula is C23H35FN4O2. The summed E-state index contributed by atoms with van der Waals surface area (Å²) in [7, 11) is 0. The molecule has 30 heavy (non-hydrogen) atoms. The Balaban J connectivity index is 1.34. The van der Waals surface area contributed by atoms with E-state index < -0.39 is 0 Å². The predicted octanol–water partition coefficient (Wildman–Crippen LogP) is 3.84. The van der Waals surface area contributed by atoms with Crippen LogP contribution in [0.1, 0.15) is 51.9 Å². The first kappa shape index (κ1) is 22.5. The quantitative estimate of drug-likeness (QED) is 0.707. The lowest BCUT2D eigenvalue weighted by atomic mass is 9.93. The average molecular weight is 419 g/mol. The molecule has 0 radical (unpaired) electrons. The Morgan fingerprint density at radius 1 is 1.10 bits per heavy atom. The number of carbonyl (C=O) groups is 2. The van der Waals surface area contributed by atoms with E-state index in [9.17, 15) is 14.0 Å². The van der Waals surface area contributed by atoms with Crippen molar-refractivity contribution in [1.82, 2.24) is 15.1 Å². The minimum absolute atomic E-state index is 0.104. The second-order valence-electron chi connectivity index (χ2n) is 8.66. The van der Waals surface area contributed by atoms with Crippen LogP contribution in [0.4, 0.5) is 14.9 Å². The molecule has 0 unspecified atom stereocenters. The number of nitrogens with zero attached hydrogens (tertiary/aromatic N) is 2. The van der Waals surface area contributed by atoms with Gasteiger partial charge in [-0.05, 0) is 75.8 Å². The van der Waals surface area contributed by atoms with Gasteiger partial charge in [-0.25, -0.2) is 9.18 Å². The van der Waals surface area contributed by atoms with Crippen molar-refractivity contribution in [3.05, 3.63) is 30.1 Å². The lowest BCUT2D eigenvalue weighted by Crippen LogP contribution is -2.43. The van der Waals surface area contributed by atoms with Gasteiger partial charge >= 0.3 is 6.03 Å². The summed E-state index contributed by atoms with van der Waals surface area (Å²) in [5.74, 6) is 0.118. The summed E-state index contributed by atoms with van der Waals surface area (Å²) in [5.41, 5.74) is 0.589. The molecule has 7 heteroatoms. The Morgan fingerprint density at radius 2 is 1.90 bits per heavy atom. The SMILES string of the molecule is C[C@H]1CCCCN1CCNC(=O)CC[C@@H]1CCCN(C(=O)Nc2ccc(F)cc2)C1. The van der Waals surface area contributed by atoms with Crippen LogP contribution >= 0.6 is 0 Å². The van der Waals surface area contributed by atoms with Crippen molar-refractivity contribution in [2.75, 3.05) is 38.0 Å². The zero-order chi connectivity index (χ0) is 21.3. The van der Waals surface area contributed by atoms with Crippen molar-refractivity contribution in [3.63, 3.8) is 0 Å². The molecule has 0 bridgehead atoms. The Morgan fingerprint density at radius 3 is 2.67 bits per heavy atom. The number of anilines is 1. The zero-order valence-corrected chi connectivity index (χ0v) is 18.0. The maximum Gasteiger partial charge on any atom is 0.321 e. The molecular weight excluding hydrogens is 383 g/mol. The number of likely N-dealkylation sites (tertiary alicyclic amines) is 2. The second kappa shape index (κ2) is 11.3. The third kappa shape index (κ3) is 6.97. The van der Waals surface area contributed by atoms with E-state index in [0.29, 0.717) is 43.7 Å². The second-order valence-corrected chi connectivity index (χ2v) is 8.66. The number of hydrogen-bond donors (Lipinski definition) is 2. The number of piperidine rings is 2. The van der Waals surface area contributed by atoms with Gasteiger partial charge in [0.05, 0.1) is 0 Å². The number of urea groups is 1. The topological polar surface area (TPSA) is 64.7 Å². The molecule has 2 saturated heterocycles. The highest BCUT2D eigenvalue weighted by Gasteiger charge is 2.24. The minimum Gasteiger partial charge on any atom is -0.355 e. The average Bonchev–Trinajstić information content (AvgIpc) is 2.75. The summed E-state index contributed by atoms with van der Waals surface area (Å²) in [5, 5.41) is 5.88. The lowest BCUT2D eigenvalue weighted by Gasteiger charge is -2.33. The fraction of sp³-hybridized carbons (Fsp3) is 0.652. The molecule has 2 fully saturated rings. The fourth-order valence-corrected chi connectivity index (χ4v) is 4.47. The van der Waals surface area contributed by atoms with Gasteiger partial charge in [-0.1, -0.05) is 6.42 Å². The van der Waals surface area contributed by atoms with Gasteiger partial charge in [-0.3, -0.25) is 9.69 Å².